The molecule has 0 aliphatic rings. The van der Waals surface area contributed by atoms with Crippen molar-refractivity contribution in [2.75, 3.05) is 7.11 Å². The minimum absolute atomic E-state index is 0.896. The minimum Gasteiger partial charge on any atom is -0.371 e. The third-order valence-electron chi connectivity index (χ3n) is 1.32. The lowest BCUT2D eigenvalue weighted by molar-refractivity contribution is -0.240. The molecule has 0 bridgehead atoms. The second kappa shape index (κ2) is 3.01. The molecule has 68 valence electrons. The molecule has 0 N–H and O–H groups in total. The van der Waals surface area contributed by atoms with E-state index in [-0.39, 0.29) is 0 Å². The number of hydrogen-bond acceptors (Lipinski definition) is 1. The second-order valence-electron chi connectivity index (χ2n) is 3.52. The first kappa shape index (κ1) is 10.8. The molecule has 0 aromatic carbocycles. The zero-order chi connectivity index (χ0) is 9.28. The van der Waals surface area contributed by atoms with Gasteiger partial charge >= 0.3 is 6.18 Å². The zero-order valence-corrected chi connectivity index (χ0v) is 7.12. The largest absolute Gasteiger partial charge is 0.415 e. The number of alkyl halides is 3. The molecule has 0 aromatic rings. The Morgan fingerprint density at radius 2 is 1.45 bits per heavy atom. The van der Waals surface area contributed by atoms with Gasteiger partial charge in [-0.2, -0.15) is 13.2 Å². The predicted molar refractivity (Wildman–Crippen MR) is 36.3 cm³/mol. The van der Waals surface area contributed by atoms with Crippen molar-refractivity contribution in [3.63, 3.8) is 0 Å². The molecule has 4 heteroatoms. The van der Waals surface area contributed by atoms with Crippen LogP contribution >= 0.6 is 0 Å². The molecule has 0 amide bonds. The van der Waals surface area contributed by atoms with Crippen molar-refractivity contribution in [3.05, 3.63) is 0 Å². The maximum atomic E-state index is 12.1. The summed E-state index contributed by atoms with van der Waals surface area (Å²) in [4.78, 5) is 0. The Hall–Kier alpha value is -0.250. The molecular formula is C7H13F3O. The Bertz CT molecular complexity index is 109. The van der Waals surface area contributed by atoms with Crippen LogP contribution in [-0.2, 0) is 4.74 Å². The zero-order valence-electron chi connectivity index (χ0n) is 7.12. The molecule has 0 radical (unpaired) electrons. The van der Waals surface area contributed by atoms with E-state index in [0.29, 0.717) is 0 Å². The third-order valence-corrected chi connectivity index (χ3v) is 1.32. The van der Waals surface area contributed by atoms with Crippen LogP contribution in [0.3, 0.4) is 0 Å². The summed E-state index contributed by atoms with van der Waals surface area (Å²) in [6.07, 6.45) is -5.96. The molecule has 0 saturated heterocycles. The van der Waals surface area contributed by atoms with Gasteiger partial charge in [-0.25, -0.2) is 0 Å². The first-order valence-corrected chi connectivity index (χ1v) is 3.29. The molecule has 0 rings (SSSR count). The van der Waals surface area contributed by atoms with E-state index < -0.39 is 17.7 Å². The third kappa shape index (κ3) is 3.10. The van der Waals surface area contributed by atoms with Crippen LogP contribution in [0.25, 0.3) is 0 Å². The number of halogens is 3. The highest BCUT2D eigenvalue weighted by Gasteiger charge is 2.47. The van der Waals surface area contributed by atoms with Crippen LogP contribution in [0, 0.1) is 5.41 Å². The van der Waals surface area contributed by atoms with Gasteiger partial charge in [0.15, 0.2) is 6.10 Å². The molecular weight excluding hydrogens is 157 g/mol. The van der Waals surface area contributed by atoms with Crippen LogP contribution in [0.15, 0.2) is 0 Å². The SMILES string of the molecule is COC(C(C)(C)C)C(F)(F)F. The van der Waals surface area contributed by atoms with Crippen LogP contribution in [0.4, 0.5) is 13.2 Å². The summed E-state index contributed by atoms with van der Waals surface area (Å²) < 4.78 is 40.6. The standard InChI is InChI=1S/C7H13F3O/c1-6(2,3)5(11-4)7(8,9)10/h5H,1-4H3. The van der Waals surface area contributed by atoms with Crippen LogP contribution in [0.5, 0.6) is 0 Å². The van der Waals surface area contributed by atoms with Crippen molar-refractivity contribution >= 4 is 0 Å². The van der Waals surface area contributed by atoms with Gasteiger partial charge in [-0.3, -0.25) is 0 Å². The quantitative estimate of drug-likeness (QED) is 0.587. The van der Waals surface area contributed by atoms with Crippen LogP contribution in [-0.4, -0.2) is 19.4 Å². The Morgan fingerprint density at radius 3 is 1.45 bits per heavy atom. The monoisotopic (exact) mass is 170 g/mol. The highest BCUT2D eigenvalue weighted by molar-refractivity contribution is 4.80. The topological polar surface area (TPSA) is 9.23 Å². The highest BCUT2D eigenvalue weighted by atomic mass is 19.4. The molecule has 1 nitrogen and oxygen atoms in total. The lowest BCUT2D eigenvalue weighted by Crippen LogP contribution is -2.41. The van der Waals surface area contributed by atoms with Crippen LogP contribution in [0.1, 0.15) is 20.8 Å². The summed E-state index contributed by atoms with van der Waals surface area (Å²) >= 11 is 0. The first-order valence-electron chi connectivity index (χ1n) is 3.29. The van der Waals surface area contributed by atoms with Crippen molar-refractivity contribution < 1.29 is 17.9 Å². The summed E-state index contributed by atoms with van der Waals surface area (Å²) in [5.41, 5.74) is -0.896. The van der Waals surface area contributed by atoms with Gasteiger partial charge < -0.3 is 4.74 Å². The lowest BCUT2D eigenvalue weighted by atomic mass is 9.89. The Labute approximate surface area is 64.5 Å². The molecule has 0 saturated carbocycles. The van der Waals surface area contributed by atoms with Crippen molar-refractivity contribution in [1.82, 2.24) is 0 Å². The summed E-state index contributed by atoms with van der Waals surface area (Å²) in [5.74, 6) is 0. The van der Waals surface area contributed by atoms with E-state index in [4.69, 9.17) is 0 Å². The maximum absolute atomic E-state index is 12.1. The molecule has 1 atom stereocenters. The van der Waals surface area contributed by atoms with E-state index in [9.17, 15) is 13.2 Å². The molecule has 0 aliphatic carbocycles. The van der Waals surface area contributed by atoms with E-state index >= 15 is 0 Å². The summed E-state index contributed by atoms with van der Waals surface area (Å²) in [6.45, 7) is 4.48. The van der Waals surface area contributed by atoms with E-state index in [0.717, 1.165) is 7.11 Å². The van der Waals surface area contributed by atoms with Crippen LogP contribution in [0.2, 0.25) is 0 Å². The summed E-state index contributed by atoms with van der Waals surface area (Å²) in [5, 5.41) is 0. The van der Waals surface area contributed by atoms with Gasteiger partial charge in [0.05, 0.1) is 0 Å². The van der Waals surface area contributed by atoms with Crippen molar-refractivity contribution in [3.8, 4) is 0 Å². The Morgan fingerprint density at radius 1 is 1.09 bits per heavy atom. The summed E-state index contributed by atoms with van der Waals surface area (Å²) in [7, 11) is 1.07. The van der Waals surface area contributed by atoms with E-state index in [2.05, 4.69) is 4.74 Å². The minimum atomic E-state index is -4.27. The number of rotatable bonds is 1. The Balaban J connectivity index is 4.43. The lowest BCUT2D eigenvalue weighted by Gasteiger charge is -2.30. The smallest absolute Gasteiger partial charge is 0.371 e. The second-order valence-corrected chi connectivity index (χ2v) is 3.52. The average molecular weight is 170 g/mol. The van der Waals surface area contributed by atoms with Crippen LogP contribution < -0.4 is 0 Å². The predicted octanol–water partition coefficient (Wildman–Crippen LogP) is 2.61. The van der Waals surface area contributed by atoms with E-state index in [1.807, 2.05) is 0 Å². The summed E-state index contributed by atoms with van der Waals surface area (Å²) in [6, 6.07) is 0. The molecule has 0 spiro atoms. The van der Waals surface area contributed by atoms with Gasteiger partial charge in [0.2, 0.25) is 0 Å². The number of ether oxygens (including phenoxy) is 1. The molecule has 11 heavy (non-hydrogen) atoms. The van der Waals surface area contributed by atoms with Crippen molar-refractivity contribution in [1.29, 1.82) is 0 Å². The van der Waals surface area contributed by atoms with Gasteiger partial charge in [0, 0.05) is 7.11 Å². The van der Waals surface area contributed by atoms with Gasteiger partial charge in [0.25, 0.3) is 0 Å². The van der Waals surface area contributed by atoms with Gasteiger partial charge in [-0.1, -0.05) is 20.8 Å². The molecule has 0 aliphatic heterocycles. The number of hydrogen-bond donors (Lipinski definition) is 0. The fourth-order valence-electron chi connectivity index (χ4n) is 0.978. The maximum Gasteiger partial charge on any atom is 0.415 e. The molecule has 0 heterocycles. The van der Waals surface area contributed by atoms with Gasteiger partial charge in [-0.05, 0) is 5.41 Å². The van der Waals surface area contributed by atoms with E-state index in [1.54, 1.807) is 0 Å². The fraction of sp³-hybridized carbons (Fsp3) is 1.00. The first-order chi connectivity index (χ1) is 4.69. The normalized spacial score (nSPS) is 16.6. The Kier molecular flexibility index (Phi) is 2.94. The fourth-order valence-corrected chi connectivity index (χ4v) is 0.978. The van der Waals surface area contributed by atoms with Crippen molar-refractivity contribution in [2.45, 2.75) is 33.1 Å². The van der Waals surface area contributed by atoms with Gasteiger partial charge in [-0.15, -0.1) is 0 Å². The number of methoxy groups -OCH3 is 1. The average Bonchev–Trinajstić information content (AvgIpc) is 1.56. The highest BCUT2D eigenvalue weighted by Crippen LogP contribution is 2.35. The van der Waals surface area contributed by atoms with Crippen molar-refractivity contribution in [2.24, 2.45) is 5.41 Å². The molecule has 0 fully saturated rings. The molecule has 0 aromatic heterocycles. The van der Waals surface area contributed by atoms with E-state index in [1.165, 1.54) is 20.8 Å². The molecule has 1 unspecified atom stereocenters. The van der Waals surface area contributed by atoms with Gasteiger partial charge in [0.1, 0.15) is 0 Å².